The minimum absolute atomic E-state index is 0.252. The van der Waals surface area contributed by atoms with Crippen molar-refractivity contribution in [2.75, 3.05) is 18.4 Å². The summed E-state index contributed by atoms with van der Waals surface area (Å²) in [4.78, 5) is 6.63. The fourth-order valence-corrected chi connectivity index (χ4v) is 3.70. The van der Waals surface area contributed by atoms with Gasteiger partial charge in [-0.3, -0.25) is 0 Å². The van der Waals surface area contributed by atoms with Gasteiger partial charge >= 0.3 is 0 Å². The minimum Gasteiger partial charge on any atom is -0.348 e. The minimum atomic E-state index is 0.252. The lowest BCUT2D eigenvalue weighted by Crippen LogP contribution is -2.41. The van der Waals surface area contributed by atoms with Gasteiger partial charge in [-0.2, -0.15) is 4.98 Å². The van der Waals surface area contributed by atoms with Gasteiger partial charge in [0.15, 0.2) is 10.9 Å². The molecule has 134 valence electrons. The molecule has 1 aliphatic rings. The van der Waals surface area contributed by atoms with E-state index in [1.54, 1.807) is 0 Å². The predicted octanol–water partition coefficient (Wildman–Crippen LogP) is 4.08. The van der Waals surface area contributed by atoms with Crippen LogP contribution in [0.3, 0.4) is 0 Å². The van der Waals surface area contributed by atoms with Crippen molar-refractivity contribution in [3.8, 4) is 0 Å². The first-order chi connectivity index (χ1) is 12.1. The Kier molecular flexibility index (Phi) is 5.68. The molecule has 0 amide bonds. The molecular weight excluding hydrogens is 332 g/mol. The normalized spacial score (nSPS) is 17.6. The van der Waals surface area contributed by atoms with Gasteiger partial charge < -0.3 is 14.7 Å². The predicted molar refractivity (Wildman–Crippen MR) is 104 cm³/mol. The van der Waals surface area contributed by atoms with Crippen LogP contribution in [-0.2, 0) is 12.8 Å². The lowest BCUT2D eigenvalue weighted by Gasteiger charge is -2.33. The highest BCUT2D eigenvalue weighted by Gasteiger charge is 2.27. The molecule has 6 heteroatoms. The Morgan fingerprint density at radius 1 is 1.32 bits per heavy atom. The topological polar surface area (TPSA) is 54.2 Å². The SMILES string of the molecule is CCc1cccc(CC)c1NC(=S)N1CCCC(c2nc(C)no2)C1. The van der Waals surface area contributed by atoms with Crippen LogP contribution in [0, 0.1) is 6.92 Å². The fourth-order valence-electron chi connectivity index (χ4n) is 3.43. The third-order valence-corrected chi connectivity index (χ3v) is 5.19. The van der Waals surface area contributed by atoms with Crippen LogP contribution in [0.1, 0.15) is 55.4 Å². The second-order valence-corrected chi connectivity index (χ2v) is 6.94. The zero-order valence-corrected chi connectivity index (χ0v) is 16.0. The summed E-state index contributed by atoms with van der Waals surface area (Å²) in [5.41, 5.74) is 3.79. The van der Waals surface area contributed by atoms with Crippen LogP contribution >= 0.6 is 12.2 Å². The van der Waals surface area contributed by atoms with E-state index in [9.17, 15) is 0 Å². The summed E-state index contributed by atoms with van der Waals surface area (Å²) in [7, 11) is 0. The standard InChI is InChI=1S/C19H26N4OS/c1-4-14-8-6-9-15(5-2)17(14)21-19(25)23-11-7-10-16(12-23)18-20-13(3)22-24-18/h6,8-9,16H,4-5,7,10-12H2,1-3H3,(H,21,25). The Bertz CT molecular complexity index is 721. The van der Waals surface area contributed by atoms with Gasteiger partial charge in [0.1, 0.15) is 0 Å². The van der Waals surface area contributed by atoms with Gasteiger partial charge in [0.2, 0.25) is 5.89 Å². The molecule has 1 N–H and O–H groups in total. The first kappa shape index (κ1) is 17.9. The summed E-state index contributed by atoms with van der Waals surface area (Å²) < 4.78 is 5.37. The van der Waals surface area contributed by atoms with E-state index in [-0.39, 0.29) is 5.92 Å². The van der Waals surface area contributed by atoms with E-state index >= 15 is 0 Å². The molecule has 1 atom stereocenters. The van der Waals surface area contributed by atoms with Gasteiger partial charge in [-0.15, -0.1) is 0 Å². The fraction of sp³-hybridized carbons (Fsp3) is 0.526. The van der Waals surface area contributed by atoms with Crippen molar-refractivity contribution in [3.63, 3.8) is 0 Å². The van der Waals surface area contributed by atoms with Gasteiger partial charge in [0, 0.05) is 18.8 Å². The highest BCUT2D eigenvalue weighted by Crippen LogP contribution is 2.27. The number of nitrogens with one attached hydrogen (secondary N) is 1. The van der Waals surface area contributed by atoms with E-state index < -0.39 is 0 Å². The summed E-state index contributed by atoms with van der Waals surface area (Å²) in [6.45, 7) is 8.00. The van der Waals surface area contributed by atoms with Gasteiger partial charge in [-0.25, -0.2) is 0 Å². The van der Waals surface area contributed by atoms with Crippen LogP contribution in [0.5, 0.6) is 0 Å². The molecule has 1 saturated heterocycles. The molecule has 0 saturated carbocycles. The van der Waals surface area contributed by atoms with E-state index in [0.29, 0.717) is 5.82 Å². The molecule has 2 heterocycles. The Labute approximate surface area is 154 Å². The summed E-state index contributed by atoms with van der Waals surface area (Å²) >= 11 is 5.73. The number of hydrogen-bond acceptors (Lipinski definition) is 4. The zero-order chi connectivity index (χ0) is 17.8. The van der Waals surface area contributed by atoms with Crippen LogP contribution in [-0.4, -0.2) is 33.2 Å². The molecule has 5 nitrogen and oxygen atoms in total. The monoisotopic (exact) mass is 358 g/mol. The number of likely N-dealkylation sites (tertiary alicyclic amines) is 1. The highest BCUT2D eigenvalue weighted by molar-refractivity contribution is 7.80. The number of rotatable bonds is 4. The summed E-state index contributed by atoms with van der Waals surface area (Å²) in [6.07, 6.45) is 4.11. The van der Waals surface area contributed by atoms with Crippen LogP contribution in [0.4, 0.5) is 5.69 Å². The first-order valence-corrected chi connectivity index (χ1v) is 9.50. The number of aryl methyl sites for hydroxylation is 3. The van der Waals surface area contributed by atoms with Crippen LogP contribution in [0.15, 0.2) is 22.7 Å². The number of hydrogen-bond donors (Lipinski definition) is 1. The molecule has 0 spiro atoms. The van der Waals surface area contributed by atoms with Crippen molar-refractivity contribution < 1.29 is 4.52 Å². The maximum absolute atomic E-state index is 5.73. The van der Waals surface area contributed by atoms with Crippen LogP contribution in [0.2, 0.25) is 0 Å². The van der Waals surface area contributed by atoms with Gasteiger partial charge in [-0.1, -0.05) is 37.2 Å². The number of nitrogens with zero attached hydrogens (tertiary/aromatic N) is 3. The Hall–Kier alpha value is -1.95. The highest BCUT2D eigenvalue weighted by atomic mass is 32.1. The van der Waals surface area contributed by atoms with Gasteiger partial charge in [-0.05, 0) is 56.0 Å². The third kappa shape index (κ3) is 4.00. The molecule has 1 aromatic heterocycles. The number of anilines is 1. The molecule has 1 fully saturated rings. The second kappa shape index (κ2) is 7.95. The number of thiocarbonyl (C=S) groups is 1. The average molecular weight is 359 g/mol. The lowest BCUT2D eigenvalue weighted by molar-refractivity contribution is 0.261. The zero-order valence-electron chi connectivity index (χ0n) is 15.2. The number of benzene rings is 1. The quantitative estimate of drug-likeness (QED) is 0.831. The van der Waals surface area contributed by atoms with Gasteiger partial charge in [0.05, 0.1) is 5.92 Å². The van der Waals surface area contributed by atoms with Crippen molar-refractivity contribution in [2.45, 2.75) is 52.4 Å². The molecule has 1 unspecified atom stereocenters. The molecule has 1 aromatic carbocycles. The molecule has 3 rings (SSSR count). The molecule has 1 aliphatic heterocycles. The Morgan fingerprint density at radius 2 is 2.04 bits per heavy atom. The Balaban J connectivity index is 1.73. The van der Waals surface area contributed by atoms with E-state index in [4.69, 9.17) is 16.7 Å². The molecule has 2 aromatic rings. The van der Waals surface area contributed by atoms with E-state index in [0.717, 1.165) is 49.8 Å². The maximum Gasteiger partial charge on any atom is 0.231 e. The van der Waals surface area contributed by atoms with Crippen molar-refractivity contribution in [1.29, 1.82) is 0 Å². The number of para-hydroxylation sites is 1. The molecule has 0 bridgehead atoms. The summed E-state index contributed by atoms with van der Waals surface area (Å²) in [5, 5.41) is 8.23. The number of piperidine rings is 1. The molecular formula is C19H26N4OS. The third-order valence-electron chi connectivity index (χ3n) is 4.83. The molecule has 0 radical (unpaired) electrons. The van der Waals surface area contributed by atoms with Crippen LogP contribution in [0.25, 0.3) is 0 Å². The van der Waals surface area contributed by atoms with Crippen molar-refractivity contribution in [2.24, 2.45) is 0 Å². The molecule has 0 aliphatic carbocycles. The summed E-state index contributed by atoms with van der Waals surface area (Å²) in [5.74, 6) is 1.67. The Morgan fingerprint density at radius 3 is 2.64 bits per heavy atom. The van der Waals surface area contributed by atoms with E-state index in [1.165, 1.54) is 16.8 Å². The van der Waals surface area contributed by atoms with Crippen molar-refractivity contribution >= 4 is 23.0 Å². The van der Waals surface area contributed by atoms with E-state index in [2.05, 4.69) is 52.4 Å². The molecule has 25 heavy (non-hydrogen) atoms. The first-order valence-electron chi connectivity index (χ1n) is 9.09. The maximum atomic E-state index is 5.73. The lowest BCUT2D eigenvalue weighted by atomic mass is 9.98. The van der Waals surface area contributed by atoms with E-state index in [1.807, 2.05) is 6.92 Å². The second-order valence-electron chi connectivity index (χ2n) is 6.55. The average Bonchev–Trinajstić information content (AvgIpc) is 3.08. The van der Waals surface area contributed by atoms with Crippen LogP contribution < -0.4 is 5.32 Å². The largest absolute Gasteiger partial charge is 0.348 e. The van der Waals surface area contributed by atoms with Crippen molar-refractivity contribution in [3.05, 3.63) is 41.0 Å². The smallest absolute Gasteiger partial charge is 0.231 e. The van der Waals surface area contributed by atoms with Gasteiger partial charge in [0.25, 0.3) is 0 Å². The summed E-state index contributed by atoms with van der Waals surface area (Å²) in [6, 6.07) is 6.47. The van der Waals surface area contributed by atoms with Crippen molar-refractivity contribution in [1.82, 2.24) is 15.0 Å². The number of aromatic nitrogens is 2.